The summed E-state index contributed by atoms with van der Waals surface area (Å²) in [7, 11) is 0. The third-order valence-corrected chi connectivity index (χ3v) is 5.07. The van der Waals surface area contributed by atoms with E-state index < -0.39 is 0 Å². The summed E-state index contributed by atoms with van der Waals surface area (Å²) in [5.41, 5.74) is 5.85. The molecule has 3 rings (SSSR count). The normalized spacial score (nSPS) is 22.0. The molecule has 116 valence electrons. The number of aromatic nitrogens is 1. The Balaban J connectivity index is 1.48. The average Bonchev–Trinajstić information content (AvgIpc) is 3.03. The number of amides is 1. The Bertz CT molecular complexity index is 495. The summed E-state index contributed by atoms with van der Waals surface area (Å²) in [6.45, 7) is 1.46. The van der Waals surface area contributed by atoms with E-state index >= 15 is 0 Å². The lowest BCUT2D eigenvalue weighted by atomic mass is 9.93. The molecule has 1 aromatic heterocycles. The fraction of sp³-hybridized carbons (Fsp3) is 0.714. The van der Waals surface area contributed by atoms with E-state index in [1.165, 1.54) is 30.6 Å². The molecule has 2 aliphatic rings. The molecule has 2 heterocycles. The minimum Gasteiger partial charge on any atom is -0.382 e. The molecule has 1 aliphatic heterocycles. The zero-order chi connectivity index (χ0) is 14.7. The molecule has 0 spiro atoms. The fourth-order valence-corrected chi connectivity index (χ4v) is 3.46. The second-order valence-corrected chi connectivity index (χ2v) is 6.68. The number of nitrogens with zero attached hydrogens (tertiary/aromatic N) is 1. The summed E-state index contributed by atoms with van der Waals surface area (Å²) in [6.07, 6.45) is 6.96. The number of hydrogen-bond donors (Lipinski definition) is 3. The van der Waals surface area contributed by atoms with Crippen LogP contribution in [0, 0.1) is 0 Å². The lowest BCUT2D eigenvalue weighted by Gasteiger charge is -2.25. The first-order valence-corrected chi connectivity index (χ1v) is 8.46. The highest BCUT2D eigenvalue weighted by Crippen LogP contribution is 2.29. The van der Waals surface area contributed by atoms with Gasteiger partial charge in [0.1, 0.15) is 10.7 Å². The highest BCUT2D eigenvalue weighted by molar-refractivity contribution is 7.18. The summed E-state index contributed by atoms with van der Waals surface area (Å²) >= 11 is 1.34. The molecule has 1 amide bonds. The fourth-order valence-electron chi connectivity index (χ4n) is 2.58. The van der Waals surface area contributed by atoms with Crippen molar-refractivity contribution in [3.63, 3.8) is 0 Å². The van der Waals surface area contributed by atoms with E-state index in [4.69, 9.17) is 10.5 Å². The molecule has 1 saturated heterocycles. The maximum atomic E-state index is 12.1. The maximum absolute atomic E-state index is 12.1. The first kappa shape index (κ1) is 14.6. The molecule has 1 saturated carbocycles. The summed E-state index contributed by atoms with van der Waals surface area (Å²) < 4.78 is 5.54. The summed E-state index contributed by atoms with van der Waals surface area (Å²) in [5, 5.41) is 6.98. The van der Waals surface area contributed by atoms with Crippen molar-refractivity contribution in [2.75, 3.05) is 24.2 Å². The van der Waals surface area contributed by atoms with E-state index in [9.17, 15) is 4.79 Å². The number of carbonyl (C=O) groups is 1. The van der Waals surface area contributed by atoms with Gasteiger partial charge in [0.15, 0.2) is 5.13 Å². The number of thiazole rings is 1. The Labute approximate surface area is 128 Å². The monoisotopic (exact) mass is 310 g/mol. The van der Waals surface area contributed by atoms with Gasteiger partial charge in [0, 0.05) is 19.2 Å². The van der Waals surface area contributed by atoms with Crippen molar-refractivity contribution in [2.45, 2.75) is 50.7 Å². The zero-order valence-electron chi connectivity index (χ0n) is 12.1. The number of anilines is 2. The van der Waals surface area contributed by atoms with Crippen LogP contribution >= 0.6 is 11.3 Å². The molecule has 1 unspecified atom stereocenters. The Morgan fingerprint density at radius 1 is 1.38 bits per heavy atom. The van der Waals surface area contributed by atoms with Gasteiger partial charge in [-0.15, -0.1) is 0 Å². The summed E-state index contributed by atoms with van der Waals surface area (Å²) in [6, 6.07) is 0.492. The summed E-state index contributed by atoms with van der Waals surface area (Å²) in [5.74, 6) is 0.182. The average molecular weight is 310 g/mol. The highest BCUT2D eigenvalue weighted by atomic mass is 32.1. The third kappa shape index (κ3) is 3.65. The number of hydrogen-bond acceptors (Lipinski definition) is 6. The Kier molecular flexibility index (Phi) is 4.60. The molecule has 0 radical (unpaired) electrons. The highest BCUT2D eigenvalue weighted by Gasteiger charge is 2.22. The van der Waals surface area contributed by atoms with Crippen LogP contribution in [0.4, 0.5) is 10.9 Å². The molecule has 21 heavy (non-hydrogen) atoms. The van der Waals surface area contributed by atoms with Crippen LogP contribution in [0.1, 0.15) is 48.2 Å². The van der Waals surface area contributed by atoms with Gasteiger partial charge in [0.05, 0.1) is 6.10 Å². The van der Waals surface area contributed by atoms with Gasteiger partial charge in [-0.2, -0.15) is 0 Å². The number of carbonyl (C=O) groups excluding carboxylic acids is 1. The van der Waals surface area contributed by atoms with Crippen LogP contribution < -0.4 is 16.4 Å². The molecule has 0 aromatic carbocycles. The first-order valence-electron chi connectivity index (χ1n) is 7.65. The van der Waals surface area contributed by atoms with Crippen molar-refractivity contribution in [1.82, 2.24) is 10.3 Å². The van der Waals surface area contributed by atoms with Crippen LogP contribution in [0.2, 0.25) is 0 Å². The number of rotatable bonds is 6. The second kappa shape index (κ2) is 6.62. The van der Waals surface area contributed by atoms with Crippen molar-refractivity contribution in [3.8, 4) is 0 Å². The van der Waals surface area contributed by atoms with Crippen molar-refractivity contribution >= 4 is 28.2 Å². The van der Waals surface area contributed by atoms with Crippen molar-refractivity contribution in [2.24, 2.45) is 0 Å². The predicted molar refractivity (Wildman–Crippen MR) is 83.7 cm³/mol. The van der Waals surface area contributed by atoms with Gasteiger partial charge < -0.3 is 21.1 Å². The quantitative estimate of drug-likeness (QED) is 0.747. The van der Waals surface area contributed by atoms with Crippen molar-refractivity contribution in [3.05, 3.63) is 4.88 Å². The number of ether oxygens (including phenoxy) is 1. The number of nitrogen functional groups attached to an aromatic ring is 1. The molecule has 2 fully saturated rings. The molecule has 7 heteroatoms. The lowest BCUT2D eigenvalue weighted by Crippen LogP contribution is -2.27. The minimum atomic E-state index is -0.135. The van der Waals surface area contributed by atoms with E-state index in [1.807, 2.05) is 0 Å². The van der Waals surface area contributed by atoms with Crippen LogP contribution in [0.15, 0.2) is 0 Å². The van der Waals surface area contributed by atoms with E-state index in [1.54, 1.807) is 0 Å². The van der Waals surface area contributed by atoms with Gasteiger partial charge in [0.25, 0.3) is 5.91 Å². The molecule has 4 N–H and O–H groups in total. The third-order valence-electron chi connectivity index (χ3n) is 4.07. The van der Waals surface area contributed by atoms with E-state index in [2.05, 4.69) is 15.6 Å². The molecule has 6 nitrogen and oxygen atoms in total. The largest absolute Gasteiger partial charge is 0.382 e. The molecular formula is C14H22N4O2S. The molecular weight excluding hydrogens is 288 g/mol. The molecule has 1 atom stereocenters. The number of nitrogens with one attached hydrogen (secondary N) is 2. The van der Waals surface area contributed by atoms with Gasteiger partial charge in [-0.05, 0) is 38.5 Å². The van der Waals surface area contributed by atoms with Gasteiger partial charge in [-0.3, -0.25) is 4.79 Å². The van der Waals surface area contributed by atoms with Crippen LogP contribution in [0.5, 0.6) is 0 Å². The van der Waals surface area contributed by atoms with Crippen LogP contribution in [0.3, 0.4) is 0 Å². The van der Waals surface area contributed by atoms with Gasteiger partial charge in [-0.25, -0.2) is 4.98 Å². The van der Waals surface area contributed by atoms with E-state index in [-0.39, 0.29) is 5.91 Å². The van der Waals surface area contributed by atoms with Crippen LogP contribution in [0.25, 0.3) is 0 Å². The maximum Gasteiger partial charge on any atom is 0.265 e. The van der Waals surface area contributed by atoms with Crippen LogP contribution in [-0.2, 0) is 4.74 Å². The van der Waals surface area contributed by atoms with E-state index in [0.717, 1.165) is 31.0 Å². The summed E-state index contributed by atoms with van der Waals surface area (Å²) in [4.78, 5) is 16.9. The molecule has 1 aromatic rings. The lowest BCUT2D eigenvalue weighted by molar-refractivity contribution is 0.0911. The van der Waals surface area contributed by atoms with E-state index in [0.29, 0.717) is 29.4 Å². The smallest absolute Gasteiger partial charge is 0.265 e. The predicted octanol–water partition coefficient (Wildman–Crippen LogP) is 1.99. The van der Waals surface area contributed by atoms with Gasteiger partial charge in [-0.1, -0.05) is 11.3 Å². The first-order chi connectivity index (χ1) is 10.2. The number of nitrogens with two attached hydrogens (primary N) is 1. The standard InChI is InChI=1S/C14H22N4O2S/c15-12-11(21-14(18-12)17-9-3-1-4-9)13(19)16-7-6-10-5-2-8-20-10/h9-10H,1-8,15H2,(H,16,19)(H,17,18). The Hall–Kier alpha value is -1.34. The minimum absolute atomic E-state index is 0.135. The van der Waals surface area contributed by atoms with Gasteiger partial charge in [0.2, 0.25) is 0 Å². The van der Waals surface area contributed by atoms with Crippen LogP contribution in [-0.4, -0.2) is 36.2 Å². The topological polar surface area (TPSA) is 89.3 Å². The van der Waals surface area contributed by atoms with Crippen molar-refractivity contribution < 1.29 is 9.53 Å². The van der Waals surface area contributed by atoms with Gasteiger partial charge >= 0.3 is 0 Å². The Morgan fingerprint density at radius 2 is 2.24 bits per heavy atom. The Morgan fingerprint density at radius 3 is 2.90 bits per heavy atom. The molecule has 1 aliphatic carbocycles. The SMILES string of the molecule is Nc1nc(NC2CCC2)sc1C(=O)NCCC1CCCO1. The molecule has 0 bridgehead atoms. The zero-order valence-corrected chi connectivity index (χ0v) is 12.9. The van der Waals surface area contributed by atoms with Crippen molar-refractivity contribution in [1.29, 1.82) is 0 Å². The second-order valence-electron chi connectivity index (χ2n) is 5.69.